The van der Waals surface area contributed by atoms with Gasteiger partial charge in [0, 0.05) is 31.6 Å². The molecule has 28 heavy (non-hydrogen) atoms. The lowest BCUT2D eigenvalue weighted by Crippen LogP contribution is -2.40. The number of ether oxygens (including phenoxy) is 1. The highest BCUT2D eigenvalue weighted by Gasteiger charge is 2.27. The predicted molar refractivity (Wildman–Crippen MR) is 112 cm³/mol. The molecule has 1 saturated heterocycles. The van der Waals surface area contributed by atoms with E-state index in [9.17, 15) is 13.2 Å². The quantitative estimate of drug-likeness (QED) is 0.741. The van der Waals surface area contributed by atoms with Gasteiger partial charge in [0.25, 0.3) is 5.91 Å². The molecule has 7 nitrogen and oxygen atoms in total. The van der Waals surface area contributed by atoms with Crippen molar-refractivity contribution in [2.75, 3.05) is 49.6 Å². The molecule has 1 N–H and O–H groups in total. The average molecular weight is 424 g/mol. The first-order chi connectivity index (χ1) is 13.5. The Hall–Kier alpha value is -1.94. The number of anilines is 2. The first-order valence-corrected chi connectivity index (χ1v) is 11.7. The topological polar surface area (TPSA) is 79.0 Å². The summed E-state index contributed by atoms with van der Waals surface area (Å²) in [5.74, 6) is -0.254. The summed E-state index contributed by atoms with van der Waals surface area (Å²) < 4.78 is 32.7. The van der Waals surface area contributed by atoms with Crippen LogP contribution in [0.15, 0.2) is 39.9 Å². The fourth-order valence-electron chi connectivity index (χ4n) is 3.14. The van der Waals surface area contributed by atoms with Gasteiger partial charge < -0.3 is 15.0 Å². The van der Waals surface area contributed by atoms with Crippen LogP contribution < -0.4 is 10.2 Å². The van der Waals surface area contributed by atoms with Crippen LogP contribution in [0.2, 0.25) is 0 Å². The number of rotatable bonds is 7. The second-order valence-electron chi connectivity index (χ2n) is 6.33. The van der Waals surface area contributed by atoms with Crippen LogP contribution in [0, 0.1) is 0 Å². The fourth-order valence-corrected chi connectivity index (χ4v) is 5.21. The van der Waals surface area contributed by atoms with Crippen LogP contribution in [0.25, 0.3) is 0 Å². The van der Waals surface area contributed by atoms with Gasteiger partial charge >= 0.3 is 0 Å². The third kappa shape index (κ3) is 4.38. The van der Waals surface area contributed by atoms with Gasteiger partial charge in [-0.1, -0.05) is 0 Å². The normalized spacial score (nSPS) is 15.4. The maximum absolute atomic E-state index is 13.0. The van der Waals surface area contributed by atoms with Crippen molar-refractivity contribution in [3.63, 3.8) is 0 Å². The van der Waals surface area contributed by atoms with Gasteiger partial charge in [0.15, 0.2) is 0 Å². The molecule has 1 aliphatic rings. The van der Waals surface area contributed by atoms with Gasteiger partial charge in [-0.2, -0.15) is 15.6 Å². The molecular weight excluding hydrogens is 398 g/mol. The molecule has 1 aromatic carbocycles. The molecule has 3 rings (SSSR count). The molecule has 1 fully saturated rings. The molecule has 0 atom stereocenters. The maximum atomic E-state index is 13.0. The largest absolute Gasteiger partial charge is 0.379 e. The van der Waals surface area contributed by atoms with E-state index in [1.165, 1.54) is 15.6 Å². The van der Waals surface area contributed by atoms with Crippen molar-refractivity contribution in [3.8, 4) is 0 Å². The molecule has 9 heteroatoms. The molecule has 0 aliphatic carbocycles. The van der Waals surface area contributed by atoms with E-state index in [1.807, 2.05) is 19.2 Å². The first kappa shape index (κ1) is 20.8. The fraction of sp³-hybridized carbons (Fsp3) is 0.421. The molecule has 1 aliphatic heterocycles. The van der Waals surface area contributed by atoms with Gasteiger partial charge in [0.1, 0.15) is 0 Å². The van der Waals surface area contributed by atoms with Crippen LogP contribution in [-0.4, -0.2) is 58.0 Å². The lowest BCUT2D eigenvalue weighted by Gasteiger charge is -2.28. The lowest BCUT2D eigenvalue weighted by molar-refractivity contribution is 0.0730. The van der Waals surface area contributed by atoms with E-state index in [2.05, 4.69) is 10.2 Å². The smallest absolute Gasteiger partial charge is 0.256 e. The summed E-state index contributed by atoms with van der Waals surface area (Å²) in [6.45, 7) is 6.96. The Morgan fingerprint density at radius 2 is 1.93 bits per heavy atom. The minimum atomic E-state index is -3.64. The second-order valence-corrected chi connectivity index (χ2v) is 9.05. The molecule has 152 valence electrons. The number of hydrogen-bond acceptors (Lipinski definition) is 6. The van der Waals surface area contributed by atoms with Crippen molar-refractivity contribution in [2.24, 2.45) is 0 Å². The van der Waals surface area contributed by atoms with E-state index >= 15 is 0 Å². The summed E-state index contributed by atoms with van der Waals surface area (Å²) in [7, 11) is -3.64. The number of hydrogen-bond donors (Lipinski definition) is 1. The minimum Gasteiger partial charge on any atom is -0.379 e. The molecule has 0 radical (unpaired) electrons. The Morgan fingerprint density at radius 3 is 2.54 bits per heavy atom. The van der Waals surface area contributed by atoms with E-state index in [-0.39, 0.29) is 10.8 Å². The predicted octanol–water partition coefficient (Wildman–Crippen LogP) is 2.87. The number of benzene rings is 1. The molecule has 0 bridgehead atoms. The average Bonchev–Trinajstić information content (AvgIpc) is 3.25. The molecule has 2 aromatic rings. The van der Waals surface area contributed by atoms with E-state index in [0.717, 1.165) is 18.8 Å². The highest BCUT2D eigenvalue weighted by molar-refractivity contribution is 7.89. The molecule has 1 aromatic heterocycles. The number of nitrogens with zero attached hydrogens (tertiary/aromatic N) is 2. The number of amides is 1. The van der Waals surface area contributed by atoms with E-state index in [0.29, 0.717) is 37.6 Å². The van der Waals surface area contributed by atoms with Crippen LogP contribution in [0.1, 0.15) is 24.2 Å². The van der Waals surface area contributed by atoms with Crippen LogP contribution in [0.5, 0.6) is 0 Å². The summed E-state index contributed by atoms with van der Waals surface area (Å²) in [6, 6.07) is 6.68. The van der Waals surface area contributed by atoms with Crippen LogP contribution in [0.3, 0.4) is 0 Å². The molecule has 1 amide bonds. The number of thiophene rings is 1. The number of sulfonamides is 1. The summed E-state index contributed by atoms with van der Waals surface area (Å²) in [5.41, 5.74) is 1.85. The Morgan fingerprint density at radius 1 is 1.21 bits per heavy atom. The van der Waals surface area contributed by atoms with Crippen molar-refractivity contribution in [2.45, 2.75) is 18.7 Å². The second kappa shape index (κ2) is 9.04. The third-order valence-electron chi connectivity index (χ3n) is 4.71. The first-order valence-electron chi connectivity index (χ1n) is 9.27. The zero-order chi connectivity index (χ0) is 20.1. The SMILES string of the molecule is CCN(CC)c1ccc(S(=O)(=O)N2CCOCC2)cc1NC(=O)c1ccsc1. The van der Waals surface area contributed by atoms with Crippen molar-refractivity contribution in [1.82, 2.24) is 4.31 Å². The maximum Gasteiger partial charge on any atom is 0.256 e. The molecule has 0 spiro atoms. The van der Waals surface area contributed by atoms with Gasteiger partial charge in [-0.15, -0.1) is 0 Å². The third-order valence-corrected chi connectivity index (χ3v) is 7.29. The highest BCUT2D eigenvalue weighted by Crippen LogP contribution is 2.31. The van der Waals surface area contributed by atoms with Crippen molar-refractivity contribution in [3.05, 3.63) is 40.6 Å². The summed E-state index contributed by atoms with van der Waals surface area (Å²) >= 11 is 1.44. The number of nitrogens with one attached hydrogen (secondary N) is 1. The number of morpholine rings is 1. The monoisotopic (exact) mass is 423 g/mol. The minimum absolute atomic E-state index is 0.172. The van der Waals surface area contributed by atoms with Crippen molar-refractivity contribution in [1.29, 1.82) is 0 Å². The molecule has 0 unspecified atom stereocenters. The van der Waals surface area contributed by atoms with Gasteiger partial charge in [0.05, 0.1) is 35.0 Å². The summed E-state index contributed by atoms with van der Waals surface area (Å²) in [5, 5.41) is 6.49. The van der Waals surface area contributed by atoms with Crippen LogP contribution >= 0.6 is 11.3 Å². The summed E-state index contributed by atoms with van der Waals surface area (Å²) in [4.78, 5) is 14.8. The van der Waals surface area contributed by atoms with Gasteiger partial charge in [0.2, 0.25) is 10.0 Å². The number of carbonyl (C=O) groups excluding carboxylic acids is 1. The van der Waals surface area contributed by atoms with Crippen molar-refractivity contribution >= 4 is 38.6 Å². The lowest BCUT2D eigenvalue weighted by atomic mass is 10.2. The number of carbonyl (C=O) groups is 1. The zero-order valence-electron chi connectivity index (χ0n) is 16.1. The van der Waals surface area contributed by atoms with Crippen LogP contribution in [0.4, 0.5) is 11.4 Å². The van der Waals surface area contributed by atoms with E-state index < -0.39 is 10.0 Å². The van der Waals surface area contributed by atoms with E-state index in [1.54, 1.807) is 29.6 Å². The standard InChI is InChI=1S/C19H25N3O4S2/c1-3-21(4-2)18-6-5-16(28(24,25)22-8-10-26-11-9-22)13-17(18)20-19(23)15-7-12-27-14-15/h5-7,12-14H,3-4,8-11H2,1-2H3,(H,20,23). The Bertz CT molecular complexity index is 903. The molecule has 0 saturated carbocycles. The van der Waals surface area contributed by atoms with Crippen molar-refractivity contribution < 1.29 is 17.9 Å². The van der Waals surface area contributed by atoms with Gasteiger partial charge in [-0.25, -0.2) is 8.42 Å². The molecular formula is C19H25N3O4S2. The van der Waals surface area contributed by atoms with E-state index in [4.69, 9.17) is 4.74 Å². The highest BCUT2D eigenvalue weighted by atomic mass is 32.2. The Kier molecular flexibility index (Phi) is 6.71. The Labute approximate surface area is 170 Å². The summed E-state index contributed by atoms with van der Waals surface area (Å²) in [6.07, 6.45) is 0. The van der Waals surface area contributed by atoms with Gasteiger partial charge in [-0.05, 0) is 43.5 Å². The zero-order valence-corrected chi connectivity index (χ0v) is 17.7. The Balaban J connectivity index is 1.98. The molecule has 2 heterocycles. The van der Waals surface area contributed by atoms with Crippen LogP contribution in [-0.2, 0) is 14.8 Å². The van der Waals surface area contributed by atoms with Gasteiger partial charge in [-0.3, -0.25) is 4.79 Å².